The van der Waals surface area contributed by atoms with Crippen molar-refractivity contribution in [2.45, 2.75) is 45.3 Å². The number of benzene rings is 2. The van der Waals surface area contributed by atoms with Gasteiger partial charge in [0.25, 0.3) is 11.6 Å². The number of furan rings is 1. The third-order valence-corrected chi connectivity index (χ3v) is 5.86. The van der Waals surface area contributed by atoms with Crippen molar-refractivity contribution in [3.8, 4) is 0 Å². The molecule has 0 spiro atoms. The van der Waals surface area contributed by atoms with Crippen molar-refractivity contribution in [3.63, 3.8) is 0 Å². The van der Waals surface area contributed by atoms with Crippen LogP contribution in [0, 0.1) is 17.0 Å². The summed E-state index contributed by atoms with van der Waals surface area (Å²) >= 11 is 0. The highest BCUT2D eigenvalue weighted by Gasteiger charge is 2.23. The van der Waals surface area contributed by atoms with Gasteiger partial charge in [0.15, 0.2) is 0 Å². The molecule has 0 radical (unpaired) electrons. The van der Waals surface area contributed by atoms with E-state index in [1.54, 1.807) is 19.3 Å². The zero-order chi connectivity index (χ0) is 24.8. The van der Waals surface area contributed by atoms with Gasteiger partial charge in [-0.05, 0) is 55.2 Å². The molecule has 1 aliphatic carbocycles. The Bertz CT molecular complexity index is 1190. The van der Waals surface area contributed by atoms with Gasteiger partial charge in [-0.15, -0.1) is 0 Å². The minimum Gasteiger partial charge on any atom is -0.468 e. The Balaban J connectivity index is 1.37. The number of rotatable bonds is 11. The van der Waals surface area contributed by atoms with Gasteiger partial charge in [-0.1, -0.05) is 18.2 Å². The first kappa shape index (κ1) is 24.2. The molecule has 1 aliphatic rings. The van der Waals surface area contributed by atoms with Crippen LogP contribution in [0.1, 0.15) is 46.5 Å². The fourth-order valence-electron chi connectivity index (χ4n) is 3.68. The fourth-order valence-corrected chi connectivity index (χ4v) is 3.68. The van der Waals surface area contributed by atoms with Crippen molar-refractivity contribution >= 4 is 23.2 Å². The van der Waals surface area contributed by atoms with Gasteiger partial charge in [0.05, 0.1) is 23.4 Å². The summed E-state index contributed by atoms with van der Waals surface area (Å²) in [4.78, 5) is 37.5. The number of carbonyl (C=O) groups is 2. The third-order valence-electron chi connectivity index (χ3n) is 5.86. The van der Waals surface area contributed by atoms with Gasteiger partial charge in [0, 0.05) is 43.2 Å². The lowest BCUT2D eigenvalue weighted by Gasteiger charge is -2.21. The maximum absolute atomic E-state index is 12.6. The summed E-state index contributed by atoms with van der Waals surface area (Å²) in [6.07, 6.45) is 3.89. The number of carbonyl (C=O) groups excluding carboxylic acids is 2. The molecule has 0 aliphatic heterocycles. The Morgan fingerprint density at radius 2 is 1.89 bits per heavy atom. The molecule has 2 amide bonds. The van der Waals surface area contributed by atoms with Gasteiger partial charge in [0.1, 0.15) is 5.76 Å². The lowest BCUT2D eigenvalue weighted by Crippen LogP contribution is -2.27. The van der Waals surface area contributed by atoms with Gasteiger partial charge in [0.2, 0.25) is 5.91 Å². The van der Waals surface area contributed by atoms with E-state index in [0.717, 1.165) is 29.7 Å². The lowest BCUT2D eigenvalue weighted by atomic mass is 10.1. The Morgan fingerprint density at radius 1 is 1.11 bits per heavy atom. The Hall–Kier alpha value is -3.98. The molecule has 1 aromatic heterocycles. The Morgan fingerprint density at radius 3 is 2.54 bits per heavy atom. The van der Waals surface area contributed by atoms with Gasteiger partial charge in [-0.25, -0.2) is 0 Å². The van der Waals surface area contributed by atoms with Crippen molar-refractivity contribution in [1.82, 2.24) is 10.2 Å². The van der Waals surface area contributed by atoms with Crippen molar-refractivity contribution in [2.24, 2.45) is 0 Å². The van der Waals surface area contributed by atoms with E-state index >= 15 is 0 Å². The van der Waals surface area contributed by atoms with E-state index in [9.17, 15) is 19.7 Å². The van der Waals surface area contributed by atoms with Crippen molar-refractivity contribution < 1.29 is 18.9 Å². The van der Waals surface area contributed by atoms with Crippen molar-refractivity contribution in [3.05, 3.63) is 93.4 Å². The highest BCUT2D eigenvalue weighted by molar-refractivity contribution is 5.94. The van der Waals surface area contributed by atoms with Crippen molar-refractivity contribution in [2.75, 3.05) is 11.9 Å². The van der Waals surface area contributed by atoms with Gasteiger partial charge >= 0.3 is 0 Å². The molecule has 0 unspecified atom stereocenters. The molecule has 0 bridgehead atoms. The average molecular weight is 477 g/mol. The first-order valence-corrected chi connectivity index (χ1v) is 11.6. The fraction of sp³-hybridized carbons (Fsp3) is 0.308. The number of nitro benzene ring substituents is 1. The predicted molar refractivity (Wildman–Crippen MR) is 131 cm³/mol. The second-order valence-electron chi connectivity index (χ2n) is 8.79. The zero-order valence-electron chi connectivity index (χ0n) is 19.5. The molecule has 1 fully saturated rings. The first-order chi connectivity index (χ1) is 16.9. The van der Waals surface area contributed by atoms with Crippen LogP contribution in [0.15, 0.2) is 65.3 Å². The van der Waals surface area contributed by atoms with Crippen LogP contribution in [0.3, 0.4) is 0 Å². The number of nitro groups is 1. The molecule has 9 heteroatoms. The second-order valence-corrected chi connectivity index (χ2v) is 8.79. The average Bonchev–Trinajstić information content (AvgIpc) is 3.50. The van der Waals surface area contributed by atoms with E-state index in [4.69, 9.17) is 4.42 Å². The molecule has 35 heavy (non-hydrogen) atoms. The molecule has 1 saturated carbocycles. The first-order valence-electron chi connectivity index (χ1n) is 11.6. The van der Waals surface area contributed by atoms with Crippen LogP contribution < -0.4 is 10.6 Å². The summed E-state index contributed by atoms with van der Waals surface area (Å²) in [7, 11) is 0. The predicted octanol–water partition coefficient (Wildman–Crippen LogP) is 4.42. The summed E-state index contributed by atoms with van der Waals surface area (Å²) in [6.45, 7) is 3.32. The van der Waals surface area contributed by atoms with Crippen LogP contribution in [-0.4, -0.2) is 34.2 Å². The van der Waals surface area contributed by atoms with Crippen LogP contribution in [0.4, 0.5) is 11.4 Å². The molecule has 0 saturated heterocycles. The van der Waals surface area contributed by atoms with E-state index in [-0.39, 0.29) is 23.9 Å². The van der Waals surface area contributed by atoms with E-state index in [0.29, 0.717) is 36.9 Å². The van der Waals surface area contributed by atoms with E-state index < -0.39 is 4.92 Å². The van der Waals surface area contributed by atoms with E-state index in [1.165, 1.54) is 12.1 Å². The molecule has 2 aromatic carbocycles. The Labute approximate surface area is 203 Å². The topological polar surface area (TPSA) is 118 Å². The highest BCUT2D eigenvalue weighted by atomic mass is 16.6. The summed E-state index contributed by atoms with van der Waals surface area (Å²) < 4.78 is 5.49. The van der Waals surface area contributed by atoms with Gasteiger partial charge in [-0.2, -0.15) is 0 Å². The summed E-state index contributed by atoms with van der Waals surface area (Å²) in [5.74, 6) is 0.491. The smallest absolute Gasteiger partial charge is 0.271 e. The van der Waals surface area contributed by atoms with E-state index in [2.05, 4.69) is 15.5 Å². The standard InChI is InChI=1S/C26H28N4O5/c1-18-4-11-22(30(33)34)15-24(18)28-25(31)12-13-29(17-23-3-2-14-35-23)16-19-5-7-20(8-6-19)26(32)27-21-9-10-21/h2-8,11,14-15,21H,9-10,12-13,16-17H2,1H3,(H,27,32)(H,28,31). The molecule has 0 atom stereocenters. The number of nitrogens with one attached hydrogen (secondary N) is 2. The van der Waals surface area contributed by atoms with Gasteiger partial charge < -0.3 is 15.1 Å². The molecular weight excluding hydrogens is 448 g/mol. The van der Waals surface area contributed by atoms with E-state index in [1.807, 2.05) is 36.4 Å². The second kappa shape index (κ2) is 11.0. The minimum atomic E-state index is -0.485. The maximum Gasteiger partial charge on any atom is 0.271 e. The summed E-state index contributed by atoms with van der Waals surface area (Å²) in [5.41, 5.74) is 2.75. The number of aryl methyl sites for hydroxylation is 1. The molecule has 4 rings (SSSR count). The molecule has 9 nitrogen and oxygen atoms in total. The number of hydrogen-bond donors (Lipinski definition) is 2. The largest absolute Gasteiger partial charge is 0.468 e. The number of amides is 2. The maximum atomic E-state index is 12.6. The van der Waals surface area contributed by atoms with Crippen LogP contribution in [0.2, 0.25) is 0 Å². The van der Waals surface area contributed by atoms with Gasteiger partial charge in [-0.3, -0.25) is 24.6 Å². The Kier molecular flexibility index (Phi) is 7.57. The zero-order valence-corrected chi connectivity index (χ0v) is 19.5. The molecule has 182 valence electrons. The minimum absolute atomic E-state index is 0.0559. The number of hydrogen-bond acceptors (Lipinski definition) is 6. The molecule has 3 aromatic rings. The quantitative estimate of drug-likeness (QED) is 0.312. The van der Waals surface area contributed by atoms with Crippen molar-refractivity contribution in [1.29, 1.82) is 0 Å². The summed E-state index contributed by atoms with van der Waals surface area (Å²) in [6, 6.07) is 15.9. The van der Waals surface area contributed by atoms with Crippen LogP contribution >= 0.6 is 0 Å². The third kappa shape index (κ3) is 7.00. The lowest BCUT2D eigenvalue weighted by molar-refractivity contribution is -0.384. The number of anilines is 1. The molecule has 2 N–H and O–H groups in total. The van der Waals surface area contributed by atoms with Crippen LogP contribution in [0.5, 0.6) is 0 Å². The molecule has 1 heterocycles. The van der Waals surface area contributed by atoms with Crippen LogP contribution in [0.25, 0.3) is 0 Å². The highest BCUT2D eigenvalue weighted by Crippen LogP contribution is 2.22. The monoisotopic (exact) mass is 476 g/mol. The number of non-ortho nitro benzene ring substituents is 1. The summed E-state index contributed by atoms with van der Waals surface area (Å²) in [5, 5.41) is 16.8. The molecular formula is C26H28N4O5. The van der Waals surface area contributed by atoms with Crippen LogP contribution in [-0.2, 0) is 17.9 Å². The SMILES string of the molecule is Cc1ccc([N+](=O)[O-])cc1NC(=O)CCN(Cc1ccc(C(=O)NC2CC2)cc1)Cc1ccco1. The number of nitrogens with zero attached hydrogens (tertiary/aromatic N) is 2. The normalized spacial score (nSPS) is 13.0.